The van der Waals surface area contributed by atoms with Crippen LogP contribution in [0.5, 0.6) is 0 Å². The minimum atomic E-state index is -0.469. The Balaban J connectivity index is 2.26. The predicted octanol–water partition coefficient (Wildman–Crippen LogP) is 2.15. The predicted molar refractivity (Wildman–Crippen MR) is 63.2 cm³/mol. The number of hydrogen-bond donors (Lipinski definition) is 0. The average Bonchev–Trinajstić information content (AvgIpc) is 2.39. The second kappa shape index (κ2) is 4.56. The molecule has 0 radical (unpaired) electrons. The second-order valence-corrected chi connectivity index (χ2v) is 3.40. The molecule has 0 aliphatic carbocycles. The first-order chi connectivity index (χ1) is 8.18. The zero-order valence-electron chi connectivity index (χ0n) is 9.15. The maximum atomic E-state index is 10.5. The minimum absolute atomic E-state index is 0.0168. The molecule has 0 saturated heterocycles. The number of aromatic nitrogens is 2. The number of hydrogen-bond acceptors (Lipinski definition) is 5. The molecule has 0 N–H and O–H groups in total. The third-order valence-corrected chi connectivity index (χ3v) is 2.34. The van der Waals surface area contributed by atoms with E-state index in [1.807, 2.05) is 24.1 Å². The Kier molecular flexibility index (Phi) is 2.95. The number of nitro groups is 1. The van der Waals surface area contributed by atoms with Gasteiger partial charge in [-0.25, -0.2) is 4.98 Å². The Morgan fingerprint density at radius 1 is 1.24 bits per heavy atom. The van der Waals surface area contributed by atoms with Crippen LogP contribution in [0.3, 0.4) is 0 Å². The summed E-state index contributed by atoms with van der Waals surface area (Å²) in [6, 6.07) is 6.71. The van der Waals surface area contributed by atoms with Crippen molar-refractivity contribution in [1.29, 1.82) is 0 Å². The Bertz CT molecular complexity index is 513. The van der Waals surface area contributed by atoms with E-state index in [1.54, 1.807) is 18.5 Å². The van der Waals surface area contributed by atoms with Gasteiger partial charge >= 0.3 is 0 Å². The molecule has 0 aliphatic heterocycles. The molecule has 0 bridgehead atoms. The third kappa shape index (κ3) is 2.36. The molecule has 0 saturated carbocycles. The van der Waals surface area contributed by atoms with Crippen LogP contribution in [-0.4, -0.2) is 21.9 Å². The van der Waals surface area contributed by atoms with Gasteiger partial charge in [-0.1, -0.05) is 0 Å². The summed E-state index contributed by atoms with van der Waals surface area (Å²) >= 11 is 0. The van der Waals surface area contributed by atoms with Gasteiger partial charge in [0.2, 0.25) is 0 Å². The molecule has 17 heavy (non-hydrogen) atoms. The van der Waals surface area contributed by atoms with E-state index < -0.39 is 4.92 Å². The van der Waals surface area contributed by atoms with E-state index in [0.717, 1.165) is 5.69 Å². The molecule has 86 valence electrons. The monoisotopic (exact) mass is 230 g/mol. The lowest BCUT2D eigenvalue weighted by atomic mass is 10.3. The Morgan fingerprint density at radius 2 is 1.94 bits per heavy atom. The summed E-state index contributed by atoms with van der Waals surface area (Å²) in [5, 5.41) is 10.5. The molecule has 0 aromatic carbocycles. The smallest absolute Gasteiger partial charge is 0.287 e. The highest BCUT2D eigenvalue weighted by molar-refractivity contribution is 5.58. The van der Waals surface area contributed by atoms with E-state index in [4.69, 9.17) is 0 Å². The van der Waals surface area contributed by atoms with E-state index >= 15 is 0 Å². The lowest BCUT2D eigenvalue weighted by Gasteiger charge is -2.17. The van der Waals surface area contributed by atoms with Gasteiger partial charge in [0, 0.05) is 31.2 Å². The van der Waals surface area contributed by atoms with Crippen LogP contribution in [0.1, 0.15) is 0 Å². The van der Waals surface area contributed by atoms with Crippen LogP contribution < -0.4 is 4.90 Å². The quantitative estimate of drug-likeness (QED) is 0.596. The van der Waals surface area contributed by atoms with Gasteiger partial charge in [-0.2, -0.15) is 0 Å². The summed E-state index contributed by atoms with van der Waals surface area (Å²) in [4.78, 5) is 19.8. The van der Waals surface area contributed by atoms with Crippen molar-refractivity contribution >= 4 is 17.2 Å². The number of rotatable bonds is 3. The highest BCUT2D eigenvalue weighted by Crippen LogP contribution is 2.21. The highest BCUT2D eigenvalue weighted by Gasteiger charge is 2.08. The van der Waals surface area contributed by atoms with Gasteiger partial charge in [-0.3, -0.25) is 15.1 Å². The fourth-order valence-corrected chi connectivity index (χ4v) is 1.38. The fourth-order valence-electron chi connectivity index (χ4n) is 1.38. The van der Waals surface area contributed by atoms with Crippen LogP contribution in [0.15, 0.2) is 42.9 Å². The molecule has 2 aromatic rings. The van der Waals surface area contributed by atoms with Crippen LogP contribution in [0.4, 0.5) is 17.2 Å². The van der Waals surface area contributed by atoms with E-state index in [-0.39, 0.29) is 5.69 Å². The molecule has 0 aliphatic rings. The van der Waals surface area contributed by atoms with Gasteiger partial charge < -0.3 is 4.90 Å². The molecular formula is C11H10N4O2. The molecule has 6 nitrogen and oxygen atoms in total. The first-order valence-corrected chi connectivity index (χ1v) is 4.92. The molecule has 0 amide bonds. The van der Waals surface area contributed by atoms with E-state index in [0.29, 0.717) is 5.82 Å². The van der Waals surface area contributed by atoms with Crippen LogP contribution in [-0.2, 0) is 0 Å². The third-order valence-electron chi connectivity index (χ3n) is 2.34. The molecule has 2 rings (SSSR count). The van der Waals surface area contributed by atoms with Gasteiger partial charge in [0.05, 0.1) is 4.92 Å². The minimum Gasteiger partial charge on any atom is -0.329 e. The standard InChI is InChI=1S/C11H10N4O2/c1-14(9-4-6-12-7-5-9)11-3-2-10(8-13-11)15(16)17/h2-8H,1H3. The molecule has 2 aromatic heterocycles. The SMILES string of the molecule is CN(c1ccncc1)c1ccc([N+](=O)[O-])cn1. The Morgan fingerprint density at radius 3 is 2.47 bits per heavy atom. The lowest BCUT2D eigenvalue weighted by molar-refractivity contribution is -0.385. The van der Waals surface area contributed by atoms with Gasteiger partial charge in [0.15, 0.2) is 0 Å². The maximum absolute atomic E-state index is 10.5. The molecule has 0 spiro atoms. The van der Waals surface area contributed by atoms with Crippen molar-refractivity contribution in [3.05, 3.63) is 53.0 Å². The Labute approximate surface area is 97.7 Å². The van der Waals surface area contributed by atoms with Crippen LogP contribution in [0.2, 0.25) is 0 Å². The molecule has 2 heterocycles. The summed E-state index contributed by atoms with van der Waals surface area (Å²) < 4.78 is 0. The number of pyridine rings is 2. The molecule has 6 heteroatoms. The summed E-state index contributed by atoms with van der Waals surface area (Å²) in [6.45, 7) is 0. The normalized spacial score (nSPS) is 9.94. The van der Waals surface area contributed by atoms with Crippen molar-refractivity contribution in [3.63, 3.8) is 0 Å². The molecule has 0 fully saturated rings. The highest BCUT2D eigenvalue weighted by atomic mass is 16.6. The first-order valence-electron chi connectivity index (χ1n) is 4.92. The summed E-state index contributed by atoms with van der Waals surface area (Å²) in [6.07, 6.45) is 4.60. The summed E-state index contributed by atoms with van der Waals surface area (Å²) in [5.41, 5.74) is 0.901. The average molecular weight is 230 g/mol. The van der Waals surface area contributed by atoms with E-state index in [1.165, 1.54) is 12.3 Å². The van der Waals surface area contributed by atoms with Crippen LogP contribution in [0, 0.1) is 10.1 Å². The number of anilines is 2. The van der Waals surface area contributed by atoms with E-state index in [2.05, 4.69) is 9.97 Å². The first kappa shape index (κ1) is 11.0. The number of nitrogens with zero attached hydrogens (tertiary/aromatic N) is 4. The van der Waals surface area contributed by atoms with Gasteiger partial charge in [-0.15, -0.1) is 0 Å². The lowest BCUT2D eigenvalue weighted by Crippen LogP contribution is -2.10. The van der Waals surface area contributed by atoms with Crippen molar-refractivity contribution in [2.45, 2.75) is 0 Å². The van der Waals surface area contributed by atoms with E-state index in [9.17, 15) is 10.1 Å². The summed E-state index contributed by atoms with van der Waals surface area (Å²) in [5.74, 6) is 0.641. The maximum Gasteiger partial charge on any atom is 0.287 e. The van der Waals surface area contributed by atoms with Crippen molar-refractivity contribution in [3.8, 4) is 0 Å². The van der Waals surface area contributed by atoms with Crippen LogP contribution in [0.25, 0.3) is 0 Å². The van der Waals surface area contributed by atoms with Crippen LogP contribution >= 0.6 is 0 Å². The fraction of sp³-hybridized carbons (Fsp3) is 0.0909. The largest absolute Gasteiger partial charge is 0.329 e. The molecular weight excluding hydrogens is 220 g/mol. The molecule has 0 unspecified atom stereocenters. The van der Waals surface area contributed by atoms with Crippen molar-refractivity contribution in [1.82, 2.24) is 9.97 Å². The van der Waals surface area contributed by atoms with Crippen molar-refractivity contribution in [2.75, 3.05) is 11.9 Å². The van der Waals surface area contributed by atoms with Crippen molar-refractivity contribution < 1.29 is 4.92 Å². The summed E-state index contributed by atoms with van der Waals surface area (Å²) in [7, 11) is 1.84. The van der Waals surface area contributed by atoms with Crippen molar-refractivity contribution in [2.24, 2.45) is 0 Å². The molecule has 0 atom stereocenters. The second-order valence-electron chi connectivity index (χ2n) is 3.40. The topological polar surface area (TPSA) is 72.2 Å². The van der Waals surface area contributed by atoms with Gasteiger partial charge in [-0.05, 0) is 18.2 Å². The van der Waals surface area contributed by atoms with Gasteiger partial charge in [0.1, 0.15) is 12.0 Å². The zero-order chi connectivity index (χ0) is 12.3. The van der Waals surface area contributed by atoms with Gasteiger partial charge in [0.25, 0.3) is 5.69 Å². The zero-order valence-corrected chi connectivity index (χ0v) is 9.15. The Hall–Kier alpha value is -2.50.